The minimum absolute atomic E-state index is 0.00977. The normalized spacial score (nSPS) is 24.1. The third-order valence-corrected chi connectivity index (χ3v) is 3.90. The van der Waals surface area contributed by atoms with Crippen molar-refractivity contribution in [2.24, 2.45) is 0 Å². The molecule has 0 bridgehead atoms. The van der Waals surface area contributed by atoms with Crippen LogP contribution in [0.5, 0.6) is 0 Å². The highest BCUT2D eigenvalue weighted by molar-refractivity contribution is 6.05. The predicted octanol–water partition coefficient (Wildman–Crippen LogP) is 0.171. The summed E-state index contributed by atoms with van der Waals surface area (Å²) < 4.78 is 0. The third kappa shape index (κ3) is 3.56. The van der Waals surface area contributed by atoms with Crippen molar-refractivity contribution in [3.63, 3.8) is 0 Å². The maximum atomic E-state index is 12.1. The number of carbonyl (C=O) groups is 3. The van der Waals surface area contributed by atoms with Crippen molar-refractivity contribution in [1.29, 1.82) is 0 Å². The molecular formula is C14H23N3O3. The molecule has 20 heavy (non-hydrogen) atoms. The number of hydrogen-bond donors (Lipinski definition) is 2. The van der Waals surface area contributed by atoms with E-state index < -0.39 is 6.04 Å². The molecule has 2 aliphatic rings. The number of nitrogens with zero attached hydrogens (tertiary/aromatic N) is 1. The van der Waals surface area contributed by atoms with Crippen LogP contribution in [0.1, 0.15) is 46.0 Å². The van der Waals surface area contributed by atoms with E-state index in [1.54, 1.807) is 0 Å². The van der Waals surface area contributed by atoms with E-state index in [4.69, 9.17) is 0 Å². The van der Waals surface area contributed by atoms with Gasteiger partial charge in [0.25, 0.3) is 0 Å². The molecular weight excluding hydrogens is 258 g/mol. The second-order valence-electron chi connectivity index (χ2n) is 5.66. The van der Waals surface area contributed by atoms with Gasteiger partial charge < -0.3 is 10.6 Å². The van der Waals surface area contributed by atoms with Gasteiger partial charge >= 0.3 is 0 Å². The summed E-state index contributed by atoms with van der Waals surface area (Å²) in [5.41, 5.74) is 0. The highest BCUT2D eigenvalue weighted by Crippen LogP contribution is 2.19. The average Bonchev–Trinajstić information content (AvgIpc) is 3.16. The summed E-state index contributed by atoms with van der Waals surface area (Å²) in [7, 11) is 0. The van der Waals surface area contributed by atoms with Gasteiger partial charge in [0.05, 0.1) is 12.5 Å². The molecule has 2 atom stereocenters. The molecule has 1 saturated heterocycles. The summed E-state index contributed by atoms with van der Waals surface area (Å²) in [6, 6.07) is -0.164. The first-order chi connectivity index (χ1) is 9.52. The Labute approximate surface area is 119 Å². The number of hydrogen-bond acceptors (Lipinski definition) is 4. The van der Waals surface area contributed by atoms with Crippen LogP contribution in [-0.2, 0) is 14.4 Å². The predicted molar refractivity (Wildman–Crippen MR) is 73.8 cm³/mol. The van der Waals surface area contributed by atoms with Crippen LogP contribution >= 0.6 is 0 Å². The molecule has 1 aliphatic carbocycles. The summed E-state index contributed by atoms with van der Waals surface area (Å²) in [6.07, 6.45) is 3.44. The molecule has 3 amide bonds. The van der Waals surface area contributed by atoms with Gasteiger partial charge in [0.1, 0.15) is 0 Å². The summed E-state index contributed by atoms with van der Waals surface area (Å²) in [6.45, 7) is 4.26. The van der Waals surface area contributed by atoms with Gasteiger partial charge in [-0.15, -0.1) is 0 Å². The molecule has 0 radical (unpaired) electrons. The first kappa shape index (κ1) is 15.0. The lowest BCUT2D eigenvalue weighted by atomic mass is 10.2. The third-order valence-electron chi connectivity index (χ3n) is 3.90. The fraction of sp³-hybridized carbons (Fsp3) is 0.786. The lowest BCUT2D eigenvalue weighted by Crippen LogP contribution is -2.43. The van der Waals surface area contributed by atoms with Crippen LogP contribution in [0.2, 0.25) is 0 Å². The maximum absolute atomic E-state index is 12.1. The van der Waals surface area contributed by atoms with Crippen LogP contribution in [-0.4, -0.2) is 47.3 Å². The second-order valence-corrected chi connectivity index (χ2v) is 5.66. The van der Waals surface area contributed by atoms with Crippen molar-refractivity contribution in [1.82, 2.24) is 15.5 Å². The van der Waals surface area contributed by atoms with Gasteiger partial charge in [0.2, 0.25) is 17.7 Å². The van der Waals surface area contributed by atoms with Crippen LogP contribution in [0.15, 0.2) is 0 Å². The zero-order valence-electron chi connectivity index (χ0n) is 12.1. The van der Waals surface area contributed by atoms with Gasteiger partial charge in [-0.1, -0.05) is 6.92 Å². The largest absolute Gasteiger partial charge is 0.353 e. The van der Waals surface area contributed by atoms with E-state index in [1.807, 2.05) is 13.8 Å². The number of carbonyl (C=O) groups excluding carboxylic acids is 3. The Bertz CT molecular complexity index is 406. The van der Waals surface area contributed by atoms with Gasteiger partial charge in [-0.25, -0.2) is 0 Å². The fourth-order valence-electron chi connectivity index (χ4n) is 2.34. The summed E-state index contributed by atoms with van der Waals surface area (Å²) in [5.74, 6) is -0.271. The van der Waals surface area contributed by atoms with E-state index in [9.17, 15) is 14.4 Å². The Kier molecular flexibility index (Phi) is 4.75. The van der Waals surface area contributed by atoms with Crippen molar-refractivity contribution in [3.05, 3.63) is 0 Å². The van der Waals surface area contributed by atoms with Crippen LogP contribution in [0.25, 0.3) is 0 Å². The van der Waals surface area contributed by atoms with E-state index in [0.717, 1.165) is 19.3 Å². The number of amides is 3. The van der Waals surface area contributed by atoms with Gasteiger partial charge in [-0.05, 0) is 26.2 Å². The first-order valence-corrected chi connectivity index (χ1v) is 7.41. The molecule has 6 nitrogen and oxygen atoms in total. The molecule has 1 aliphatic heterocycles. The summed E-state index contributed by atoms with van der Waals surface area (Å²) in [5, 5.41) is 5.92. The minimum Gasteiger partial charge on any atom is -0.353 e. The lowest BCUT2D eigenvalue weighted by Gasteiger charge is -2.21. The monoisotopic (exact) mass is 281 g/mol. The van der Waals surface area contributed by atoms with E-state index in [0.29, 0.717) is 19.0 Å². The summed E-state index contributed by atoms with van der Waals surface area (Å²) in [4.78, 5) is 36.8. The Hall–Kier alpha value is -1.43. The Morgan fingerprint density at radius 2 is 2.10 bits per heavy atom. The van der Waals surface area contributed by atoms with Crippen molar-refractivity contribution < 1.29 is 14.4 Å². The van der Waals surface area contributed by atoms with Gasteiger partial charge in [-0.2, -0.15) is 0 Å². The van der Waals surface area contributed by atoms with Crippen LogP contribution in [0.4, 0.5) is 0 Å². The summed E-state index contributed by atoms with van der Waals surface area (Å²) >= 11 is 0. The van der Waals surface area contributed by atoms with Crippen molar-refractivity contribution in [3.8, 4) is 0 Å². The fourth-order valence-corrected chi connectivity index (χ4v) is 2.34. The number of rotatable bonds is 7. The van der Waals surface area contributed by atoms with Gasteiger partial charge in [0, 0.05) is 25.0 Å². The van der Waals surface area contributed by atoms with Crippen molar-refractivity contribution in [2.45, 2.75) is 64.1 Å². The number of imide groups is 1. The Balaban J connectivity index is 1.74. The molecule has 112 valence electrons. The minimum atomic E-state index is -0.467. The Morgan fingerprint density at radius 3 is 2.70 bits per heavy atom. The number of nitrogens with one attached hydrogen (secondary N) is 2. The molecule has 0 aromatic heterocycles. The molecule has 2 N–H and O–H groups in total. The van der Waals surface area contributed by atoms with Crippen LogP contribution < -0.4 is 10.6 Å². The quantitative estimate of drug-likeness (QED) is 0.652. The molecule has 2 fully saturated rings. The lowest BCUT2D eigenvalue weighted by molar-refractivity contribution is -0.141. The average molecular weight is 281 g/mol. The highest BCUT2D eigenvalue weighted by atomic mass is 16.2. The van der Waals surface area contributed by atoms with E-state index in [2.05, 4.69) is 10.6 Å². The molecule has 0 aromatic carbocycles. The van der Waals surface area contributed by atoms with Crippen LogP contribution in [0.3, 0.4) is 0 Å². The topological polar surface area (TPSA) is 78.5 Å². The molecule has 2 unspecified atom stereocenters. The number of likely N-dealkylation sites (tertiary alicyclic amines) is 1. The molecule has 2 rings (SSSR count). The van der Waals surface area contributed by atoms with Crippen molar-refractivity contribution in [2.75, 3.05) is 6.54 Å². The maximum Gasteiger partial charge on any atom is 0.247 e. The van der Waals surface area contributed by atoms with E-state index in [1.165, 1.54) is 4.90 Å². The van der Waals surface area contributed by atoms with Crippen molar-refractivity contribution >= 4 is 17.7 Å². The zero-order chi connectivity index (χ0) is 14.7. The first-order valence-electron chi connectivity index (χ1n) is 7.41. The Morgan fingerprint density at radius 1 is 1.40 bits per heavy atom. The zero-order valence-corrected chi connectivity index (χ0v) is 12.1. The van der Waals surface area contributed by atoms with E-state index >= 15 is 0 Å². The smallest absolute Gasteiger partial charge is 0.247 e. The van der Waals surface area contributed by atoms with E-state index in [-0.39, 0.29) is 30.2 Å². The van der Waals surface area contributed by atoms with Gasteiger partial charge in [0.15, 0.2) is 0 Å². The van der Waals surface area contributed by atoms with Crippen LogP contribution in [0, 0.1) is 0 Å². The molecule has 0 spiro atoms. The van der Waals surface area contributed by atoms with Gasteiger partial charge in [-0.3, -0.25) is 19.3 Å². The molecule has 1 saturated carbocycles. The highest BCUT2D eigenvalue weighted by Gasteiger charge is 2.40. The molecule has 0 aromatic rings. The molecule has 1 heterocycles. The SMILES string of the molecule is CCC(C)N1C(=O)CC(NCCC(=O)NC2CC2)C1=O. The second kappa shape index (κ2) is 6.35. The molecule has 6 heteroatoms. The standard InChI is InChI=1S/C14H23N3O3/c1-3-9(2)17-13(19)8-11(14(17)20)15-7-6-12(18)16-10-4-5-10/h9-11,15H,3-8H2,1-2H3,(H,16,18).